The lowest BCUT2D eigenvalue weighted by atomic mass is 10.1. The number of hydrogen-bond donors (Lipinski definition) is 1. The number of halogens is 2. The fraction of sp³-hybridized carbons (Fsp3) is 0.188. The van der Waals surface area contributed by atoms with Crippen molar-refractivity contribution in [2.24, 2.45) is 0 Å². The van der Waals surface area contributed by atoms with E-state index in [1.54, 1.807) is 26.4 Å². The molecule has 0 radical (unpaired) electrons. The van der Waals surface area contributed by atoms with Crippen LogP contribution in [0.5, 0.6) is 11.5 Å². The van der Waals surface area contributed by atoms with Crippen LogP contribution < -0.4 is 14.8 Å². The van der Waals surface area contributed by atoms with Gasteiger partial charge in [0.2, 0.25) is 0 Å². The van der Waals surface area contributed by atoms with Gasteiger partial charge in [-0.05, 0) is 41.1 Å². The summed E-state index contributed by atoms with van der Waals surface area (Å²) in [5.74, 6) is 0.439. The van der Waals surface area contributed by atoms with Crippen LogP contribution in [0, 0.1) is 12.7 Å². The van der Waals surface area contributed by atoms with E-state index >= 15 is 0 Å². The minimum Gasteiger partial charge on any atom is -0.496 e. The van der Waals surface area contributed by atoms with Crippen molar-refractivity contribution in [2.45, 2.75) is 6.92 Å². The number of carbonyl (C=O) groups is 1. The number of nitrogens with one attached hydrogen (secondary N) is 1. The molecular formula is C16H15BrFNO3. The third kappa shape index (κ3) is 3.39. The molecule has 22 heavy (non-hydrogen) atoms. The zero-order valence-corrected chi connectivity index (χ0v) is 14.0. The van der Waals surface area contributed by atoms with Crippen molar-refractivity contribution in [1.82, 2.24) is 0 Å². The van der Waals surface area contributed by atoms with Gasteiger partial charge >= 0.3 is 0 Å². The number of hydrogen-bond acceptors (Lipinski definition) is 3. The van der Waals surface area contributed by atoms with Gasteiger partial charge in [0.05, 0.1) is 18.7 Å². The lowest BCUT2D eigenvalue weighted by Crippen LogP contribution is -2.12. The third-order valence-electron chi connectivity index (χ3n) is 3.19. The molecule has 116 valence electrons. The normalized spacial score (nSPS) is 10.2. The van der Waals surface area contributed by atoms with Crippen LogP contribution in [0.4, 0.5) is 10.1 Å². The molecule has 0 spiro atoms. The molecule has 2 aromatic rings. The fourth-order valence-corrected chi connectivity index (χ4v) is 2.38. The molecular weight excluding hydrogens is 353 g/mol. The standard InChI is InChI=1S/C16H15BrFNO3/c1-9-14(21-2)7-11(8-15(9)22-3)19-16(20)10-4-5-13(18)12(17)6-10/h4-8H,1-3H3,(H,19,20). The molecule has 6 heteroatoms. The van der Waals surface area contributed by atoms with Gasteiger partial charge in [0, 0.05) is 28.9 Å². The van der Waals surface area contributed by atoms with Crippen LogP contribution in [0.2, 0.25) is 0 Å². The van der Waals surface area contributed by atoms with Gasteiger partial charge in [-0.3, -0.25) is 4.79 Å². The molecule has 0 saturated carbocycles. The van der Waals surface area contributed by atoms with E-state index in [-0.39, 0.29) is 10.4 Å². The van der Waals surface area contributed by atoms with Crippen LogP contribution in [0.15, 0.2) is 34.8 Å². The second-order valence-electron chi connectivity index (χ2n) is 4.59. The van der Waals surface area contributed by atoms with Crippen LogP contribution >= 0.6 is 15.9 Å². The van der Waals surface area contributed by atoms with Gasteiger partial charge in [0.15, 0.2) is 0 Å². The first-order chi connectivity index (χ1) is 10.5. The summed E-state index contributed by atoms with van der Waals surface area (Å²) in [5.41, 5.74) is 1.71. The first-order valence-corrected chi connectivity index (χ1v) is 7.24. The summed E-state index contributed by atoms with van der Waals surface area (Å²) < 4.78 is 24.0. The van der Waals surface area contributed by atoms with Gasteiger partial charge in [-0.1, -0.05) is 0 Å². The van der Waals surface area contributed by atoms with Crippen molar-refractivity contribution < 1.29 is 18.7 Å². The number of amides is 1. The summed E-state index contributed by atoms with van der Waals surface area (Å²) in [6, 6.07) is 7.48. The maximum Gasteiger partial charge on any atom is 0.255 e. The van der Waals surface area contributed by atoms with Crippen molar-refractivity contribution >= 4 is 27.5 Å². The molecule has 1 amide bonds. The molecule has 1 N–H and O–H groups in total. The Balaban J connectivity index is 2.29. The number of anilines is 1. The van der Waals surface area contributed by atoms with E-state index in [1.807, 2.05) is 6.92 Å². The zero-order chi connectivity index (χ0) is 16.3. The largest absolute Gasteiger partial charge is 0.496 e. The molecule has 0 aliphatic heterocycles. The number of rotatable bonds is 4. The monoisotopic (exact) mass is 367 g/mol. The number of carbonyl (C=O) groups excluding carboxylic acids is 1. The Hall–Kier alpha value is -2.08. The van der Waals surface area contributed by atoms with Crippen molar-refractivity contribution in [3.63, 3.8) is 0 Å². The van der Waals surface area contributed by atoms with Crippen LogP contribution in [-0.2, 0) is 0 Å². The highest BCUT2D eigenvalue weighted by Crippen LogP contribution is 2.32. The topological polar surface area (TPSA) is 47.6 Å². The van der Waals surface area contributed by atoms with Gasteiger partial charge in [-0.25, -0.2) is 4.39 Å². The van der Waals surface area contributed by atoms with Gasteiger partial charge in [-0.2, -0.15) is 0 Å². The highest BCUT2D eigenvalue weighted by molar-refractivity contribution is 9.10. The molecule has 2 aromatic carbocycles. The van der Waals surface area contributed by atoms with E-state index in [9.17, 15) is 9.18 Å². The summed E-state index contributed by atoms with van der Waals surface area (Å²) in [5, 5.41) is 2.74. The smallest absolute Gasteiger partial charge is 0.255 e. The third-order valence-corrected chi connectivity index (χ3v) is 3.80. The Kier molecular flexibility index (Phi) is 5.03. The summed E-state index contributed by atoms with van der Waals surface area (Å²) >= 11 is 3.06. The maximum atomic E-state index is 13.2. The van der Waals surface area contributed by atoms with E-state index in [0.717, 1.165) is 5.56 Å². The number of methoxy groups -OCH3 is 2. The molecule has 0 heterocycles. The predicted octanol–water partition coefficient (Wildman–Crippen LogP) is 4.17. The van der Waals surface area contributed by atoms with E-state index < -0.39 is 5.82 Å². The van der Waals surface area contributed by atoms with E-state index in [2.05, 4.69) is 21.2 Å². The summed E-state index contributed by atoms with van der Waals surface area (Å²) in [6.07, 6.45) is 0. The maximum absolute atomic E-state index is 13.2. The van der Waals surface area contributed by atoms with Gasteiger partial charge in [-0.15, -0.1) is 0 Å². The van der Waals surface area contributed by atoms with Crippen LogP contribution in [0.3, 0.4) is 0 Å². The van der Waals surface area contributed by atoms with Gasteiger partial charge < -0.3 is 14.8 Å². The van der Waals surface area contributed by atoms with Crippen LogP contribution in [0.25, 0.3) is 0 Å². The highest BCUT2D eigenvalue weighted by Gasteiger charge is 2.12. The van der Waals surface area contributed by atoms with E-state index in [1.165, 1.54) is 18.2 Å². The Labute approximate surface area is 136 Å². The highest BCUT2D eigenvalue weighted by atomic mass is 79.9. The zero-order valence-electron chi connectivity index (χ0n) is 12.4. The second kappa shape index (κ2) is 6.79. The molecule has 0 unspecified atom stereocenters. The van der Waals surface area contributed by atoms with Crippen molar-refractivity contribution in [3.8, 4) is 11.5 Å². The van der Waals surface area contributed by atoms with Crippen molar-refractivity contribution in [2.75, 3.05) is 19.5 Å². The molecule has 0 aliphatic rings. The first-order valence-electron chi connectivity index (χ1n) is 6.45. The molecule has 4 nitrogen and oxygen atoms in total. The molecule has 0 atom stereocenters. The van der Waals surface area contributed by atoms with E-state index in [0.29, 0.717) is 22.7 Å². The van der Waals surface area contributed by atoms with Gasteiger partial charge in [0.25, 0.3) is 5.91 Å². The van der Waals surface area contributed by atoms with E-state index in [4.69, 9.17) is 9.47 Å². The Morgan fingerprint density at radius 2 is 1.73 bits per heavy atom. The summed E-state index contributed by atoms with van der Waals surface area (Å²) in [4.78, 5) is 12.2. The van der Waals surface area contributed by atoms with Crippen molar-refractivity contribution in [1.29, 1.82) is 0 Å². The number of ether oxygens (including phenoxy) is 2. The fourth-order valence-electron chi connectivity index (χ4n) is 2.00. The average molecular weight is 368 g/mol. The quantitative estimate of drug-likeness (QED) is 0.882. The summed E-state index contributed by atoms with van der Waals surface area (Å²) in [6.45, 7) is 1.86. The van der Waals surface area contributed by atoms with Crippen LogP contribution in [0.1, 0.15) is 15.9 Å². The Bertz CT molecular complexity index is 694. The first kappa shape index (κ1) is 16.3. The summed E-state index contributed by atoms with van der Waals surface area (Å²) in [7, 11) is 3.09. The minimum atomic E-state index is -0.421. The lowest BCUT2D eigenvalue weighted by molar-refractivity contribution is 0.102. The minimum absolute atomic E-state index is 0.235. The average Bonchev–Trinajstić information content (AvgIpc) is 2.51. The molecule has 2 rings (SSSR count). The van der Waals surface area contributed by atoms with Gasteiger partial charge in [0.1, 0.15) is 17.3 Å². The Morgan fingerprint density at radius 1 is 1.14 bits per heavy atom. The molecule has 0 bridgehead atoms. The Morgan fingerprint density at radius 3 is 2.23 bits per heavy atom. The van der Waals surface area contributed by atoms with Crippen LogP contribution in [-0.4, -0.2) is 20.1 Å². The second-order valence-corrected chi connectivity index (χ2v) is 5.44. The predicted molar refractivity (Wildman–Crippen MR) is 86.3 cm³/mol. The lowest BCUT2D eigenvalue weighted by Gasteiger charge is -2.13. The number of benzene rings is 2. The SMILES string of the molecule is COc1cc(NC(=O)c2ccc(F)c(Br)c2)cc(OC)c1C. The molecule has 0 fully saturated rings. The van der Waals surface area contributed by atoms with Crippen molar-refractivity contribution in [3.05, 3.63) is 51.7 Å². The molecule has 0 aliphatic carbocycles. The molecule has 0 saturated heterocycles. The molecule has 0 aromatic heterocycles.